The minimum Gasteiger partial charge on any atom is -0.494 e. The van der Waals surface area contributed by atoms with Crippen LogP contribution in [-0.2, 0) is 11.3 Å². The van der Waals surface area contributed by atoms with Crippen LogP contribution >= 0.6 is 11.8 Å². The molecule has 4 nitrogen and oxygen atoms in total. The van der Waals surface area contributed by atoms with Gasteiger partial charge in [0.25, 0.3) is 0 Å². The van der Waals surface area contributed by atoms with Crippen molar-refractivity contribution in [2.45, 2.75) is 19.5 Å². The molecule has 1 amide bonds. The van der Waals surface area contributed by atoms with E-state index in [-0.39, 0.29) is 11.9 Å². The summed E-state index contributed by atoms with van der Waals surface area (Å²) in [6, 6.07) is 7.73. The molecule has 18 heavy (non-hydrogen) atoms. The summed E-state index contributed by atoms with van der Waals surface area (Å²) in [5.74, 6) is 2.60. The summed E-state index contributed by atoms with van der Waals surface area (Å²) in [5.41, 5.74) is 1.01. The van der Waals surface area contributed by atoms with Crippen molar-refractivity contribution in [2.75, 3.05) is 18.2 Å². The Bertz CT molecular complexity index is 406. The van der Waals surface area contributed by atoms with Gasteiger partial charge in [0.15, 0.2) is 0 Å². The maximum absolute atomic E-state index is 11.9. The zero-order valence-corrected chi connectivity index (χ0v) is 11.3. The van der Waals surface area contributed by atoms with Crippen molar-refractivity contribution >= 4 is 17.7 Å². The van der Waals surface area contributed by atoms with E-state index in [1.165, 1.54) is 0 Å². The van der Waals surface area contributed by atoms with Gasteiger partial charge in [-0.2, -0.15) is 0 Å². The molecule has 0 bridgehead atoms. The number of hydrogen-bond donors (Lipinski definition) is 2. The molecule has 2 rings (SSSR count). The minimum atomic E-state index is -0.0609. The lowest BCUT2D eigenvalue weighted by Gasteiger charge is -2.13. The van der Waals surface area contributed by atoms with Gasteiger partial charge in [-0.3, -0.25) is 10.1 Å². The van der Waals surface area contributed by atoms with Crippen molar-refractivity contribution in [1.82, 2.24) is 10.6 Å². The van der Waals surface area contributed by atoms with Crippen molar-refractivity contribution < 1.29 is 9.53 Å². The largest absolute Gasteiger partial charge is 0.494 e. The summed E-state index contributed by atoms with van der Waals surface area (Å²) in [5, 5.41) is 6.10. The molecule has 1 aromatic rings. The zero-order chi connectivity index (χ0) is 12.8. The maximum Gasteiger partial charge on any atom is 0.238 e. The molecule has 1 heterocycles. The third-order valence-electron chi connectivity index (χ3n) is 2.76. The molecule has 1 unspecified atom stereocenters. The molecule has 5 heteroatoms. The van der Waals surface area contributed by atoms with E-state index in [2.05, 4.69) is 10.6 Å². The number of carbonyl (C=O) groups is 1. The van der Waals surface area contributed by atoms with Gasteiger partial charge in [0, 0.05) is 23.7 Å². The number of carbonyl (C=O) groups excluding carboxylic acids is 1. The van der Waals surface area contributed by atoms with Crippen LogP contribution in [0, 0.1) is 0 Å². The van der Waals surface area contributed by atoms with Crippen molar-refractivity contribution in [3.05, 3.63) is 29.8 Å². The van der Waals surface area contributed by atoms with E-state index < -0.39 is 0 Å². The average molecular weight is 266 g/mol. The molecule has 1 aliphatic heterocycles. The number of rotatable bonds is 5. The molecule has 1 saturated heterocycles. The van der Waals surface area contributed by atoms with Crippen molar-refractivity contribution in [3.63, 3.8) is 0 Å². The summed E-state index contributed by atoms with van der Waals surface area (Å²) in [4.78, 5) is 11.9. The Hall–Kier alpha value is -1.20. The highest BCUT2D eigenvalue weighted by molar-refractivity contribution is 7.99. The van der Waals surface area contributed by atoms with E-state index >= 15 is 0 Å². The third-order valence-corrected chi connectivity index (χ3v) is 3.70. The number of benzene rings is 1. The van der Waals surface area contributed by atoms with E-state index in [1.807, 2.05) is 31.2 Å². The number of amides is 1. The summed E-state index contributed by atoms with van der Waals surface area (Å²) >= 11 is 1.75. The first-order valence-corrected chi connectivity index (χ1v) is 7.26. The molecule has 1 aromatic carbocycles. The number of hydrogen-bond acceptors (Lipinski definition) is 4. The lowest BCUT2D eigenvalue weighted by molar-refractivity contribution is -0.122. The lowest BCUT2D eigenvalue weighted by Crippen LogP contribution is -2.41. The monoisotopic (exact) mass is 266 g/mol. The van der Waals surface area contributed by atoms with Gasteiger partial charge in [0.05, 0.1) is 12.6 Å². The van der Waals surface area contributed by atoms with Crippen LogP contribution in [0.3, 0.4) is 0 Å². The second-order valence-corrected chi connectivity index (χ2v) is 5.06. The van der Waals surface area contributed by atoms with E-state index in [1.54, 1.807) is 11.8 Å². The summed E-state index contributed by atoms with van der Waals surface area (Å²) in [6.45, 7) is 3.10. The van der Waals surface area contributed by atoms with Crippen LogP contribution in [0.2, 0.25) is 0 Å². The minimum absolute atomic E-state index is 0.0609. The molecule has 0 saturated carbocycles. The highest BCUT2D eigenvalue weighted by Gasteiger charge is 2.22. The molecule has 0 aromatic heterocycles. The van der Waals surface area contributed by atoms with Crippen molar-refractivity contribution in [2.24, 2.45) is 0 Å². The molecule has 0 spiro atoms. The molecule has 1 atom stereocenters. The first-order valence-electron chi connectivity index (χ1n) is 6.10. The van der Waals surface area contributed by atoms with E-state index in [9.17, 15) is 4.79 Å². The Kier molecular flexibility index (Phi) is 4.90. The van der Waals surface area contributed by atoms with Crippen molar-refractivity contribution in [1.29, 1.82) is 0 Å². The topological polar surface area (TPSA) is 50.4 Å². The summed E-state index contributed by atoms with van der Waals surface area (Å²) in [7, 11) is 0. The fraction of sp³-hybridized carbons (Fsp3) is 0.462. The quantitative estimate of drug-likeness (QED) is 0.845. The SMILES string of the molecule is CCOc1ccccc1CNC(=O)C1CSCN1. The molecule has 2 N–H and O–H groups in total. The van der Waals surface area contributed by atoms with Crippen LogP contribution in [0.25, 0.3) is 0 Å². The van der Waals surface area contributed by atoms with Crippen LogP contribution in [0.15, 0.2) is 24.3 Å². The zero-order valence-electron chi connectivity index (χ0n) is 10.4. The fourth-order valence-corrected chi connectivity index (χ4v) is 2.76. The van der Waals surface area contributed by atoms with Gasteiger partial charge in [0.2, 0.25) is 5.91 Å². The van der Waals surface area contributed by atoms with Crippen molar-refractivity contribution in [3.8, 4) is 5.75 Å². The Morgan fingerprint density at radius 3 is 3.11 bits per heavy atom. The number of para-hydroxylation sites is 1. The van der Waals surface area contributed by atoms with Crippen LogP contribution in [0.4, 0.5) is 0 Å². The highest BCUT2D eigenvalue weighted by Crippen LogP contribution is 2.17. The Morgan fingerprint density at radius 2 is 2.39 bits per heavy atom. The van der Waals surface area contributed by atoms with Gasteiger partial charge >= 0.3 is 0 Å². The first-order chi connectivity index (χ1) is 8.81. The Labute approximate surface area is 111 Å². The van der Waals surface area contributed by atoms with E-state index in [0.717, 1.165) is 22.9 Å². The first kappa shape index (κ1) is 13.2. The van der Waals surface area contributed by atoms with Gasteiger partial charge < -0.3 is 10.1 Å². The standard InChI is InChI=1S/C13H18N2O2S/c1-2-17-12-6-4-3-5-10(12)7-14-13(16)11-8-18-9-15-11/h3-6,11,15H,2,7-9H2,1H3,(H,14,16). The average Bonchev–Trinajstić information content (AvgIpc) is 2.92. The van der Waals surface area contributed by atoms with Crippen LogP contribution in [-0.4, -0.2) is 30.2 Å². The summed E-state index contributed by atoms with van der Waals surface area (Å²) < 4.78 is 5.52. The van der Waals surface area contributed by atoms with Crippen LogP contribution in [0.5, 0.6) is 5.75 Å². The summed E-state index contributed by atoms with van der Waals surface area (Å²) in [6.07, 6.45) is 0. The van der Waals surface area contributed by atoms with Gasteiger partial charge in [-0.1, -0.05) is 18.2 Å². The van der Waals surface area contributed by atoms with Crippen LogP contribution < -0.4 is 15.4 Å². The van der Waals surface area contributed by atoms with Gasteiger partial charge in [-0.05, 0) is 13.0 Å². The molecule has 1 aliphatic rings. The lowest BCUT2D eigenvalue weighted by atomic mass is 10.2. The second-order valence-electron chi connectivity index (χ2n) is 4.03. The molecule has 1 fully saturated rings. The van der Waals surface area contributed by atoms with Gasteiger partial charge in [-0.15, -0.1) is 11.8 Å². The number of nitrogens with one attached hydrogen (secondary N) is 2. The molecule has 0 radical (unpaired) electrons. The highest BCUT2D eigenvalue weighted by atomic mass is 32.2. The third kappa shape index (κ3) is 3.40. The van der Waals surface area contributed by atoms with Gasteiger partial charge in [-0.25, -0.2) is 0 Å². The second kappa shape index (κ2) is 6.66. The Balaban J connectivity index is 1.90. The predicted octanol–water partition coefficient (Wildman–Crippen LogP) is 1.36. The molecule has 0 aliphatic carbocycles. The molecule has 98 valence electrons. The molecular weight excluding hydrogens is 248 g/mol. The van der Waals surface area contributed by atoms with Crippen LogP contribution in [0.1, 0.15) is 12.5 Å². The fourth-order valence-electron chi connectivity index (χ4n) is 1.82. The normalized spacial score (nSPS) is 18.6. The maximum atomic E-state index is 11.9. The molecular formula is C13H18N2O2S. The smallest absolute Gasteiger partial charge is 0.238 e. The Morgan fingerprint density at radius 1 is 1.56 bits per heavy atom. The predicted molar refractivity (Wildman–Crippen MR) is 73.7 cm³/mol. The number of ether oxygens (including phenoxy) is 1. The van der Waals surface area contributed by atoms with E-state index in [0.29, 0.717) is 13.2 Å². The van der Waals surface area contributed by atoms with E-state index in [4.69, 9.17) is 4.74 Å². The van der Waals surface area contributed by atoms with Gasteiger partial charge in [0.1, 0.15) is 5.75 Å². The number of thioether (sulfide) groups is 1.